The van der Waals surface area contributed by atoms with Gasteiger partial charge in [0.1, 0.15) is 0 Å². The van der Waals surface area contributed by atoms with Gasteiger partial charge in [0, 0.05) is 54.1 Å². The molecule has 3 atom stereocenters. The van der Waals surface area contributed by atoms with Crippen LogP contribution in [0.5, 0.6) is 0 Å². The number of guanidine groups is 1. The highest BCUT2D eigenvalue weighted by atomic mass is 127. The van der Waals surface area contributed by atoms with Crippen molar-refractivity contribution in [3.05, 3.63) is 0 Å². The molecule has 0 aromatic rings. The van der Waals surface area contributed by atoms with Gasteiger partial charge in [-0.15, -0.1) is 24.0 Å². The van der Waals surface area contributed by atoms with Crippen LogP contribution < -0.4 is 5.32 Å². The van der Waals surface area contributed by atoms with Gasteiger partial charge in [-0.3, -0.25) is 4.99 Å². The van der Waals surface area contributed by atoms with Crippen molar-refractivity contribution in [2.24, 2.45) is 16.3 Å². The van der Waals surface area contributed by atoms with Gasteiger partial charge in [-0.25, -0.2) is 0 Å². The lowest BCUT2D eigenvalue weighted by atomic mass is 9.57. The molecule has 2 heterocycles. The average Bonchev–Trinajstić information content (AvgIpc) is 2.89. The zero-order valence-electron chi connectivity index (χ0n) is 15.1. The second kappa shape index (κ2) is 7.28. The highest BCUT2D eigenvalue weighted by molar-refractivity contribution is 14.0. The lowest BCUT2D eigenvalue weighted by Crippen LogP contribution is -2.68. The van der Waals surface area contributed by atoms with Crippen LogP contribution in [0.2, 0.25) is 0 Å². The molecular weight excluding hydrogens is 421 g/mol. The molecule has 23 heavy (non-hydrogen) atoms. The third-order valence-corrected chi connectivity index (χ3v) is 6.72. The Hall–Kier alpha value is 0.310. The molecular formula is C17H32IN3OS. The highest BCUT2D eigenvalue weighted by Gasteiger charge is 2.59. The van der Waals surface area contributed by atoms with E-state index in [1.165, 1.54) is 12.2 Å². The number of hydrogen-bond acceptors (Lipinski definition) is 3. The first-order chi connectivity index (χ1) is 10.3. The molecule has 0 amide bonds. The second-order valence-electron chi connectivity index (χ2n) is 8.01. The summed E-state index contributed by atoms with van der Waals surface area (Å²) in [6.07, 6.45) is 1.62. The van der Waals surface area contributed by atoms with E-state index in [-0.39, 0.29) is 29.4 Å². The molecule has 0 radical (unpaired) electrons. The van der Waals surface area contributed by atoms with E-state index >= 15 is 0 Å². The van der Waals surface area contributed by atoms with Crippen molar-refractivity contribution < 1.29 is 4.74 Å². The molecule has 4 nitrogen and oxygen atoms in total. The Labute approximate surface area is 162 Å². The van der Waals surface area contributed by atoms with Crippen LogP contribution in [0.25, 0.3) is 0 Å². The molecule has 134 valence electrons. The number of nitrogens with one attached hydrogen (secondary N) is 1. The Morgan fingerprint density at radius 3 is 2.74 bits per heavy atom. The summed E-state index contributed by atoms with van der Waals surface area (Å²) in [4.78, 5) is 7.25. The first-order valence-corrected chi connectivity index (χ1v) is 9.65. The quantitative estimate of drug-likeness (QED) is 0.396. The fourth-order valence-corrected chi connectivity index (χ4v) is 5.45. The molecule has 1 aliphatic carbocycles. The number of nitrogens with zero attached hydrogens (tertiary/aromatic N) is 2. The SMILES string of the molecule is CCN=C(NC1C2CCOC2C1(C)C)N1CCSC(C)(C)C1.I. The highest BCUT2D eigenvalue weighted by Crippen LogP contribution is 2.52. The van der Waals surface area contributed by atoms with Crippen molar-refractivity contribution in [2.45, 2.75) is 57.9 Å². The lowest BCUT2D eigenvalue weighted by molar-refractivity contribution is -0.107. The summed E-state index contributed by atoms with van der Waals surface area (Å²) >= 11 is 2.07. The number of aliphatic imine (C=N–C) groups is 1. The van der Waals surface area contributed by atoms with Gasteiger partial charge in [0.15, 0.2) is 5.96 Å². The van der Waals surface area contributed by atoms with Gasteiger partial charge in [0.25, 0.3) is 0 Å². The predicted octanol–water partition coefficient (Wildman–Crippen LogP) is 3.21. The van der Waals surface area contributed by atoms with E-state index in [0.717, 1.165) is 32.2 Å². The van der Waals surface area contributed by atoms with Gasteiger partial charge in [0.05, 0.1) is 6.10 Å². The van der Waals surface area contributed by atoms with Crippen molar-refractivity contribution >= 4 is 41.7 Å². The smallest absolute Gasteiger partial charge is 0.194 e. The molecule has 6 heteroatoms. The van der Waals surface area contributed by atoms with Crippen LogP contribution in [0.15, 0.2) is 4.99 Å². The molecule has 3 unspecified atom stereocenters. The topological polar surface area (TPSA) is 36.9 Å². The van der Waals surface area contributed by atoms with Crippen LogP contribution in [-0.2, 0) is 4.74 Å². The van der Waals surface area contributed by atoms with E-state index in [2.05, 4.69) is 56.6 Å². The minimum atomic E-state index is 0. The van der Waals surface area contributed by atoms with Gasteiger partial charge in [-0.05, 0) is 27.2 Å². The zero-order valence-corrected chi connectivity index (χ0v) is 18.2. The van der Waals surface area contributed by atoms with Crippen LogP contribution in [-0.4, -0.2) is 59.7 Å². The first kappa shape index (κ1) is 19.6. The normalized spacial score (nSPS) is 35.1. The van der Waals surface area contributed by atoms with Crippen LogP contribution in [0, 0.1) is 11.3 Å². The molecule has 3 fully saturated rings. The molecule has 3 rings (SSSR count). The largest absolute Gasteiger partial charge is 0.377 e. The van der Waals surface area contributed by atoms with Crippen LogP contribution in [0.4, 0.5) is 0 Å². The van der Waals surface area contributed by atoms with E-state index in [0.29, 0.717) is 22.8 Å². The minimum Gasteiger partial charge on any atom is -0.377 e. The summed E-state index contributed by atoms with van der Waals surface area (Å²) < 4.78 is 6.23. The average molecular weight is 453 g/mol. The molecule has 1 N–H and O–H groups in total. The fourth-order valence-electron chi connectivity index (χ4n) is 4.34. The maximum atomic E-state index is 5.92. The maximum Gasteiger partial charge on any atom is 0.194 e. The second-order valence-corrected chi connectivity index (χ2v) is 9.82. The Morgan fingerprint density at radius 1 is 1.35 bits per heavy atom. The molecule has 0 aromatic carbocycles. The van der Waals surface area contributed by atoms with Crippen LogP contribution >= 0.6 is 35.7 Å². The monoisotopic (exact) mass is 453 g/mol. The van der Waals surface area contributed by atoms with Gasteiger partial charge >= 0.3 is 0 Å². The summed E-state index contributed by atoms with van der Waals surface area (Å²) in [6.45, 7) is 15.4. The van der Waals surface area contributed by atoms with Crippen LogP contribution in [0.1, 0.15) is 41.0 Å². The third kappa shape index (κ3) is 3.78. The van der Waals surface area contributed by atoms with Gasteiger partial charge in [-0.2, -0.15) is 11.8 Å². The van der Waals surface area contributed by atoms with Gasteiger partial charge in [-0.1, -0.05) is 13.8 Å². The van der Waals surface area contributed by atoms with Gasteiger partial charge < -0.3 is 15.0 Å². The summed E-state index contributed by atoms with van der Waals surface area (Å²) in [5.41, 5.74) is 0.204. The van der Waals surface area contributed by atoms with Crippen molar-refractivity contribution in [3.63, 3.8) is 0 Å². The van der Waals surface area contributed by atoms with E-state index in [1.54, 1.807) is 0 Å². The third-order valence-electron chi connectivity index (χ3n) is 5.42. The summed E-state index contributed by atoms with van der Waals surface area (Å²) in [7, 11) is 0. The standard InChI is InChI=1S/C17H31N3OS.HI/c1-6-18-15(20-8-10-22-16(2,3)11-20)19-13-12-7-9-21-14(12)17(13,4)5;/h12-14H,6-11H2,1-5H3,(H,18,19);1H. The molecule has 0 aromatic heterocycles. The van der Waals surface area contributed by atoms with Crippen molar-refractivity contribution in [1.29, 1.82) is 0 Å². The van der Waals surface area contributed by atoms with E-state index in [4.69, 9.17) is 9.73 Å². The Morgan fingerprint density at radius 2 is 2.09 bits per heavy atom. The van der Waals surface area contributed by atoms with E-state index < -0.39 is 0 Å². The zero-order chi connectivity index (χ0) is 16.0. The summed E-state index contributed by atoms with van der Waals surface area (Å²) in [5.74, 6) is 2.95. The maximum absolute atomic E-state index is 5.92. The van der Waals surface area contributed by atoms with Gasteiger partial charge in [0.2, 0.25) is 0 Å². The first-order valence-electron chi connectivity index (χ1n) is 8.66. The summed E-state index contributed by atoms with van der Waals surface area (Å²) in [6, 6.07) is 0.489. The Bertz CT molecular complexity index is 455. The number of hydrogen-bond donors (Lipinski definition) is 1. The number of halogens is 1. The number of thioether (sulfide) groups is 1. The Kier molecular flexibility index (Phi) is 6.21. The van der Waals surface area contributed by atoms with Crippen molar-refractivity contribution in [2.75, 3.05) is 32.0 Å². The number of ether oxygens (including phenoxy) is 1. The number of rotatable bonds is 2. The van der Waals surface area contributed by atoms with E-state index in [9.17, 15) is 0 Å². The molecule has 0 spiro atoms. The molecule has 3 aliphatic rings. The van der Waals surface area contributed by atoms with Crippen molar-refractivity contribution in [3.8, 4) is 0 Å². The molecule has 2 saturated heterocycles. The fraction of sp³-hybridized carbons (Fsp3) is 0.941. The Balaban J connectivity index is 0.00000192. The number of fused-ring (bicyclic) bond motifs is 1. The minimum absolute atomic E-state index is 0. The van der Waals surface area contributed by atoms with E-state index in [1.807, 2.05) is 0 Å². The molecule has 2 aliphatic heterocycles. The molecule has 0 bridgehead atoms. The predicted molar refractivity (Wildman–Crippen MR) is 110 cm³/mol. The lowest BCUT2D eigenvalue weighted by Gasteiger charge is -2.55. The summed E-state index contributed by atoms with van der Waals surface area (Å²) in [5, 5.41) is 3.81. The van der Waals surface area contributed by atoms with Crippen molar-refractivity contribution in [1.82, 2.24) is 10.2 Å². The molecule has 1 saturated carbocycles. The van der Waals surface area contributed by atoms with Crippen LogP contribution in [0.3, 0.4) is 0 Å².